The van der Waals surface area contributed by atoms with Crippen molar-refractivity contribution in [3.05, 3.63) is 0 Å². The summed E-state index contributed by atoms with van der Waals surface area (Å²) in [4.78, 5) is 0. The summed E-state index contributed by atoms with van der Waals surface area (Å²) in [6, 6.07) is 0. The molecular formula is C9H15F3N2. The molecule has 0 saturated carbocycles. The van der Waals surface area contributed by atoms with Crippen LogP contribution in [0.3, 0.4) is 0 Å². The fourth-order valence-corrected chi connectivity index (χ4v) is 1.26. The zero-order valence-electron chi connectivity index (χ0n) is 8.57. The predicted molar refractivity (Wildman–Crippen MR) is 51.0 cm³/mol. The molecule has 0 fully saturated rings. The van der Waals surface area contributed by atoms with Crippen molar-refractivity contribution in [2.45, 2.75) is 39.5 Å². The van der Waals surface area contributed by atoms with Crippen LogP contribution >= 0.6 is 0 Å². The topological polar surface area (TPSA) is 36.2 Å². The monoisotopic (exact) mass is 208 g/mol. The number of halogens is 3. The molecule has 5 heteroatoms. The fourth-order valence-electron chi connectivity index (χ4n) is 1.26. The molecule has 0 heterocycles. The molecule has 2 nitrogen and oxygen atoms in total. The SMILES string of the molecule is CCC(C(C)=N)C(=NF)C(F)(F)CC. The van der Waals surface area contributed by atoms with Crippen LogP contribution in [0.2, 0.25) is 0 Å². The van der Waals surface area contributed by atoms with Crippen LogP contribution in [0, 0.1) is 11.3 Å². The second-order valence-electron chi connectivity index (χ2n) is 3.17. The van der Waals surface area contributed by atoms with Gasteiger partial charge in [-0.05, 0) is 13.3 Å². The molecule has 14 heavy (non-hydrogen) atoms. The normalized spacial score (nSPS) is 15.4. The first-order valence-electron chi connectivity index (χ1n) is 4.52. The summed E-state index contributed by atoms with van der Waals surface area (Å²) in [5, 5.41) is 9.41. The van der Waals surface area contributed by atoms with E-state index in [1.807, 2.05) is 0 Å². The quantitative estimate of drug-likeness (QED) is 0.672. The van der Waals surface area contributed by atoms with Crippen molar-refractivity contribution in [3.63, 3.8) is 0 Å². The molecule has 0 aromatic rings. The van der Waals surface area contributed by atoms with Gasteiger partial charge in [0.15, 0.2) is 0 Å². The summed E-state index contributed by atoms with van der Waals surface area (Å²) in [6.45, 7) is 4.27. The van der Waals surface area contributed by atoms with Crippen molar-refractivity contribution < 1.29 is 13.3 Å². The van der Waals surface area contributed by atoms with Gasteiger partial charge in [0, 0.05) is 18.1 Å². The van der Waals surface area contributed by atoms with Crippen LogP contribution in [-0.4, -0.2) is 17.3 Å². The van der Waals surface area contributed by atoms with E-state index in [-0.39, 0.29) is 12.1 Å². The Balaban J connectivity index is 4.98. The van der Waals surface area contributed by atoms with Crippen LogP contribution < -0.4 is 0 Å². The third-order valence-electron chi connectivity index (χ3n) is 2.17. The molecule has 0 aliphatic rings. The summed E-state index contributed by atoms with van der Waals surface area (Å²) in [5.74, 6) is -4.15. The molecule has 1 atom stereocenters. The van der Waals surface area contributed by atoms with Crippen molar-refractivity contribution in [2.75, 3.05) is 0 Å². The molecule has 1 unspecified atom stereocenters. The molecule has 1 N–H and O–H groups in total. The Morgan fingerprint density at radius 2 is 1.93 bits per heavy atom. The summed E-state index contributed by atoms with van der Waals surface area (Å²) < 4.78 is 38.4. The molecule has 0 amide bonds. The highest BCUT2D eigenvalue weighted by molar-refractivity contribution is 6.08. The Hall–Kier alpha value is -0.870. The lowest BCUT2D eigenvalue weighted by Gasteiger charge is -2.21. The lowest BCUT2D eigenvalue weighted by Crippen LogP contribution is -2.36. The van der Waals surface area contributed by atoms with E-state index in [0.717, 1.165) is 0 Å². The highest BCUT2D eigenvalue weighted by atomic mass is 19.3. The Bertz CT molecular complexity index is 236. The van der Waals surface area contributed by atoms with Gasteiger partial charge in [-0.1, -0.05) is 23.5 Å². The van der Waals surface area contributed by atoms with E-state index in [1.165, 1.54) is 13.8 Å². The molecule has 0 spiro atoms. The summed E-state index contributed by atoms with van der Waals surface area (Å²) in [6.07, 6.45) is -0.243. The van der Waals surface area contributed by atoms with E-state index >= 15 is 0 Å². The molecule has 0 aliphatic carbocycles. The highest BCUT2D eigenvalue weighted by Gasteiger charge is 2.39. The molecule has 0 rings (SSSR count). The van der Waals surface area contributed by atoms with Crippen molar-refractivity contribution in [3.8, 4) is 0 Å². The van der Waals surface area contributed by atoms with Crippen molar-refractivity contribution in [2.24, 2.45) is 11.1 Å². The smallest absolute Gasteiger partial charge is 0.288 e. The van der Waals surface area contributed by atoms with Crippen LogP contribution in [-0.2, 0) is 0 Å². The Morgan fingerprint density at radius 3 is 2.14 bits per heavy atom. The molecule has 82 valence electrons. The zero-order valence-corrected chi connectivity index (χ0v) is 8.57. The molecule has 0 aliphatic heterocycles. The Morgan fingerprint density at radius 1 is 1.43 bits per heavy atom. The van der Waals surface area contributed by atoms with Gasteiger partial charge in [-0.3, -0.25) is 0 Å². The fraction of sp³-hybridized carbons (Fsp3) is 0.778. The van der Waals surface area contributed by atoms with Gasteiger partial charge in [0.1, 0.15) is 5.71 Å². The third-order valence-corrected chi connectivity index (χ3v) is 2.17. The lowest BCUT2D eigenvalue weighted by atomic mass is 9.90. The summed E-state index contributed by atoms with van der Waals surface area (Å²) >= 11 is 0. The van der Waals surface area contributed by atoms with Gasteiger partial charge in [-0.25, -0.2) is 0 Å². The second kappa shape index (κ2) is 5.12. The minimum Gasteiger partial charge on any atom is -0.309 e. The number of nitrogens with one attached hydrogen (secondary N) is 1. The zero-order chi connectivity index (χ0) is 11.4. The Kier molecular flexibility index (Phi) is 4.80. The highest BCUT2D eigenvalue weighted by Crippen LogP contribution is 2.27. The van der Waals surface area contributed by atoms with E-state index in [1.54, 1.807) is 6.92 Å². The first kappa shape index (κ1) is 13.1. The van der Waals surface area contributed by atoms with Crippen molar-refractivity contribution in [1.82, 2.24) is 0 Å². The van der Waals surface area contributed by atoms with Crippen LogP contribution in [0.25, 0.3) is 0 Å². The van der Waals surface area contributed by atoms with Gasteiger partial charge in [-0.2, -0.15) is 8.78 Å². The minimum absolute atomic E-state index is 0.0111. The minimum atomic E-state index is -3.25. The van der Waals surface area contributed by atoms with Crippen LogP contribution in [0.15, 0.2) is 5.21 Å². The van der Waals surface area contributed by atoms with Gasteiger partial charge in [0.05, 0.1) is 0 Å². The summed E-state index contributed by atoms with van der Waals surface area (Å²) in [5.41, 5.74) is -0.813. The number of nitrogens with zero attached hydrogens (tertiary/aromatic N) is 1. The van der Waals surface area contributed by atoms with Crippen molar-refractivity contribution >= 4 is 11.4 Å². The molecule has 0 radical (unpaired) electrons. The number of hydrogen-bond acceptors (Lipinski definition) is 2. The van der Waals surface area contributed by atoms with Gasteiger partial charge < -0.3 is 5.41 Å². The van der Waals surface area contributed by atoms with Crippen LogP contribution in [0.1, 0.15) is 33.6 Å². The Labute approximate surface area is 81.7 Å². The van der Waals surface area contributed by atoms with E-state index in [2.05, 4.69) is 5.21 Å². The maximum Gasteiger partial charge on any atom is 0.288 e. The molecule has 0 saturated heterocycles. The molecular weight excluding hydrogens is 193 g/mol. The second-order valence-corrected chi connectivity index (χ2v) is 3.17. The largest absolute Gasteiger partial charge is 0.309 e. The number of rotatable bonds is 5. The number of alkyl halides is 2. The van der Waals surface area contributed by atoms with Gasteiger partial charge in [0.25, 0.3) is 5.92 Å². The summed E-state index contributed by atoms with van der Waals surface area (Å²) in [7, 11) is 0. The molecule has 0 aromatic carbocycles. The predicted octanol–water partition coefficient (Wildman–Crippen LogP) is 3.42. The van der Waals surface area contributed by atoms with Crippen molar-refractivity contribution in [1.29, 1.82) is 5.41 Å². The van der Waals surface area contributed by atoms with Gasteiger partial charge >= 0.3 is 0 Å². The lowest BCUT2D eigenvalue weighted by molar-refractivity contribution is 0.0675. The maximum atomic E-state index is 13.1. The van der Waals surface area contributed by atoms with E-state index in [0.29, 0.717) is 0 Å². The number of hydrogen-bond donors (Lipinski definition) is 1. The van der Waals surface area contributed by atoms with E-state index in [9.17, 15) is 13.3 Å². The molecule has 0 aromatic heterocycles. The average Bonchev–Trinajstić information content (AvgIpc) is 2.12. The maximum absolute atomic E-state index is 13.1. The first-order valence-corrected chi connectivity index (χ1v) is 4.52. The molecule has 0 bridgehead atoms. The van der Waals surface area contributed by atoms with E-state index < -0.39 is 24.0 Å². The standard InChI is InChI=1S/C9H15F3N2/c1-4-7(6(3)13)8(14-12)9(10,11)5-2/h7,13H,4-5H2,1-3H3. The first-order chi connectivity index (χ1) is 6.40. The van der Waals surface area contributed by atoms with E-state index in [4.69, 9.17) is 5.41 Å². The third kappa shape index (κ3) is 2.82. The van der Waals surface area contributed by atoms with Crippen LogP contribution in [0.5, 0.6) is 0 Å². The van der Waals surface area contributed by atoms with Gasteiger partial charge in [0.2, 0.25) is 0 Å². The van der Waals surface area contributed by atoms with Crippen LogP contribution in [0.4, 0.5) is 13.3 Å². The van der Waals surface area contributed by atoms with Gasteiger partial charge in [-0.15, -0.1) is 0 Å². The average molecular weight is 208 g/mol.